The maximum atomic E-state index is 10.8. The molecule has 1 amide bonds. The van der Waals surface area contributed by atoms with Crippen molar-refractivity contribution in [2.24, 2.45) is 17.1 Å². The Morgan fingerprint density at radius 1 is 1.38 bits per heavy atom. The van der Waals surface area contributed by atoms with E-state index < -0.39 is 0 Å². The number of nitrogens with two attached hydrogens (primary N) is 1. The molecule has 0 aromatic rings. The lowest BCUT2D eigenvalue weighted by Gasteiger charge is -2.44. The first-order chi connectivity index (χ1) is 7.43. The fourth-order valence-corrected chi connectivity index (χ4v) is 2.76. The molecule has 0 bridgehead atoms. The van der Waals surface area contributed by atoms with Crippen LogP contribution in [0.15, 0.2) is 0 Å². The number of nitrogens with one attached hydrogen (secondary N) is 1. The van der Waals surface area contributed by atoms with Gasteiger partial charge in [0.2, 0.25) is 5.91 Å². The number of amides is 1. The van der Waals surface area contributed by atoms with Crippen LogP contribution in [0.1, 0.15) is 52.9 Å². The summed E-state index contributed by atoms with van der Waals surface area (Å²) < 4.78 is 0. The largest absolute Gasteiger partial charge is 0.370 e. The van der Waals surface area contributed by atoms with Gasteiger partial charge in [0.15, 0.2) is 0 Å². The molecule has 1 atom stereocenters. The fraction of sp³-hybridized carbons (Fsp3) is 0.923. The highest BCUT2D eigenvalue weighted by atomic mass is 16.1. The van der Waals surface area contributed by atoms with Crippen molar-refractivity contribution in [3.8, 4) is 0 Å². The molecule has 1 aliphatic carbocycles. The van der Waals surface area contributed by atoms with Crippen molar-refractivity contribution in [1.82, 2.24) is 5.32 Å². The first kappa shape index (κ1) is 13.5. The maximum Gasteiger partial charge on any atom is 0.218 e. The Morgan fingerprint density at radius 3 is 2.38 bits per heavy atom. The van der Waals surface area contributed by atoms with Gasteiger partial charge in [-0.15, -0.1) is 0 Å². The van der Waals surface area contributed by atoms with Crippen molar-refractivity contribution in [2.75, 3.05) is 6.54 Å². The molecule has 1 rings (SSSR count). The molecule has 3 heteroatoms. The van der Waals surface area contributed by atoms with Crippen molar-refractivity contribution in [3.63, 3.8) is 0 Å². The summed E-state index contributed by atoms with van der Waals surface area (Å²) in [4.78, 5) is 10.8. The number of primary amides is 1. The van der Waals surface area contributed by atoms with E-state index in [0.29, 0.717) is 11.8 Å². The highest BCUT2D eigenvalue weighted by Gasteiger charge is 2.37. The minimum Gasteiger partial charge on any atom is -0.370 e. The van der Waals surface area contributed by atoms with Crippen LogP contribution in [0.25, 0.3) is 0 Å². The van der Waals surface area contributed by atoms with Gasteiger partial charge in [0.1, 0.15) is 0 Å². The lowest BCUT2D eigenvalue weighted by Crippen LogP contribution is -2.44. The molecule has 1 aliphatic rings. The Hall–Kier alpha value is -0.570. The molecular weight excluding hydrogens is 200 g/mol. The normalized spacial score (nSPS) is 20.5. The average molecular weight is 226 g/mol. The molecule has 1 saturated carbocycles. The summed E-state index contributed by atoms with van der Waals surface area (Å²) in [5.41, 5.74) is 5.68. The zero-order valence-corrected chi connectivity index (χ0v) is 10.9. The van der Waals surface area contributed by atoms with E-state index in [1.807, 2.05) is 6.92 Å². The van der Waals surface area contributed by atoms with Crippen LogP contribution >= 0.6 is 0 Å². The smallest absolute Gasteiger partial charge is 0.218 e. The van der Waals surface area contributed by atoms with Crippen molar-refractivity contribution in [1.29, 1.82) is 0 Å². The molecule has 0 spiro atoms. The van der Waals surface area contributed by atoms with Gasteiger partial charge < -0.3 is 11.1 Å². The monoisotopic (exact) mass is 226 g/mol. The molecule has 3 nitrogen and oxygen atoms in total. The topological polar surface area (TPSA) is 55.1 Å². The van der Waals surface area contributed by atoms with Crippen LogP contribution in [0.2, 0.25) is 0 Å². The molecule has 3 N–H and O–H groups in total. The zero-order chi connectivity index (χ0) is 12.2. The summed E-state index contributed by atoms with van der Waals surface area (Å²) in [6.07, 6.45) is 5.77. The number of hydrogen-bond acceptors (Lipinski definition) is 2. The lowest BCUT2D eigenvalue weighted by atomic mass is 9.64. The van der Waals surface area contributed by atoms with Crippen LogP contribution in [0.4, 0.5) is 0 Å². The number of hydrogen-bond donors (Lipinski definition) is 2. The van der Waals surface area contributed by atoms with E-state index >= 15 is 0 Å². The third-order valence-corrected chi connectivity index (χ3v) is 3.59. The van der Waals surface area contributed by atoms with Gasteiger partial charge in [-0.2, -0.15) is 0 Å². The summed E-state index contributed by atoms with van der Waals surface area (Å²) in [6, 6.07) is 0.210. The van der Waals surface area contributed by atoms with Crippen molar-refractivity contribution in [2.45, 2.75) is 58.9 Å². The maximum absolute atomic E-state index is 10.8. The van der Waals surface area contributed by atoms with Crippen LogP contribution in [0, 0.1) is 11.3 Å². The van der Waals surface area contributed by atoms with E-state index in [0.717, 1.165) is 12.5 Å². The molecule has 0 aliphatic heterocycles. The quantitative estimate of drug-likeness (QED) is 0.698. The van der Waals surface area contributed by atoms with Gasteiger partial charge in [0, 0.05) is 19.0 Å². The van der Waals surface area contributed by atoms with Gasteiger partial charge >= 0.3 is 0 Å². The lowest BCUT2D eigenvalue weighted by molar-refractivity contribution is -0.118. The van der Waals surface area contributed by atoms with Gasteiger partial charge in [0.05, 0.1) is 0 Å². The molecule has 16 heavy (non-hydrogen) atoms. The Bertz CT molecular complexity index is 234. The minimum absolute atomic E-state index is 0.210. The van der Waals surface area contributed by atoms with Crippen molar-refractivity contribution < 1.29 is 4.79 Å². The summed E-state index contributed by atoms with van der Waals surface area (Å²) in [7, 11) is 0. The standard InChI is InChI=1S/C13H26N2O/c1-10(2)8-13(5-4-6-13)9-15-11(3)7-12(14)16/h10-11,15H,4-9H2,1-3H3,(H2,14,16). The Kier molecular flexibility index (Phi) is 4.78. The van der Waals surface area contributed by atoms with Crippen LogP contribution in [0.3, 0.4) is 0 Å². The molecule has 0 heterocycles. The molecule has 0 aromatic carbocycles. The van der Waals surface area contributed by atoms with Crippen LogP contribution in [-0.4, -0.2) is 18.5 Å². The van der Waals surface area contributed by atoms with Crippen molar-refractivity contribution >= 4 is 5.91 Å². The van der Waals surface area contributed by atoms with Gasteiger partial charge in [-0.1, -0.05) is 20.3 Å². The Morgan fingerprint density at radius 2 is 2.00 bits per heavy atom. The van der Waals surface area contributed by atoms with Gasteiger partial charge in [-0.05, 0) is 37.5 Å². The average Bonchev–Trinajstić information content (AvgIpc) is 2.07. The van der Waals surface area contributed by atoms with Crippen LogP contribution < -0.4 is 11.1 Å². The van der Waals surface area contributed by atoms with E-state index in [4.69, 9.17) is 5.73 Å². The predicted octanol–water partition coefficient (Wildman–Crippen LogP) is 2.06. The highest BCUT2D eigenvalue weighted by molar-refractivity contribution is 5.74. The molecule has 0 saturated heterocycles. The summed E-state index contributed by atoms with van der Waals surface area (Å²) in [5, 5.41) is 3.46. The minimum atomic E-state index is -0.216. The third-order valence-electron chi connectivity index (χ3n) is 3.59. The third kappa shape index (κ3) is 4.12. The summed E-state index contributed by atoms with van der Waals surface area (Å²) in [6.45, 7) is 7.64. The molecular formula is C13H26N2O. The first-order valence-electron chi connectivity index (χ1n) is 6.45. The van der Waals surface area contributed by atoms with E-state index in [-0.39, 0.29) is 11.9 Å². The van der Waals surface area contributed by atoms with Gasteiger partial charge in [-0.25, -0.2) is 0 Å². The molecule has 0 aromatic heterocycles. The van der Waals surface area contributed by atoms with Crippen LogP contribution in [-0.2, 0) is 4.79 Å². The number of rotatable bonds is 7. The number of carbonyl (C=O) groups is 1. The Labute approximate surface area is 99.2 Å². The highest BCUT2D eigenvalue weighted by Crippen LogP contribution is 2.45. The number of carbonyl (C=O) groups excluding carboxylic acids is 1. The first-order valence-corrected chi connectivity index (χ1v) is 6.45. The van der Waals surface area contributed by atoms with Crippen LogP contribution in [0.5, 0.6) is 0 Å². The zero-order valence-electron chi connectivity index (χ0n) is 10.9. The SMILES string of the molecule is CC(C)CC1(CNC(C)CC(N)=O)CCC1. The van der Waals surface area contributed by atoms with Gasteiger partial charge in [0.25, 0.3) is 0 Å². The molecule has 0 radical (unpaired) electrons. The van der Waals surface area contributed by atoms with E-state index in [1.165, 1.54) is 25.7 Å². The molecule has 94 valence electrons. The fourth-order valence-electron chi connectivity index (χ4n) is 2.76. The van der Waals surface area contributed by atoms with E-state index in [2.05, 4.69) is 19.2 Å². The molecule has 1 fully saturated rings. The van der Waals surface area contributed by atoms with Crippen molar-refractivity contribution in [3.05, 3.63) is 0 Å². The second-order valence-electron chi connectivity index (χ2n) is 5.90. The van der Waals surface area contributed by atoms with E-state index in [1.54, 1.807) is 0 Å². The predicted molar refractivity (Wildman–Crippen MR) is 67.0 cm³/mol. The summed E-state index contributed by atoms with van der Waals surface area (Å²) >= 11 is 0. The Balaban J connectivity index is 2.31. The van der Waals surface area contributed by atoms with Gasteiger partial charge in [-0.3, -0.25) is 4.79 Å². The second kappa shape index (κ2) is 5.67. The van der Waals surface area contributed by atoms with E-state index in [9.17, 15) is 4.79 Å². The summed E-state index contributed by atoms with van der Waals surface area (Å²) in [5.74, 6) is 0.542. The second-order valence-corrected chi connectivity index (χ2v) is 5.90. The molecule has 1 unspecified atom stereocenters.